The van der Waals surface area contributed by atoms with Crippen LogP contribution in [0.25, 0.3) is 0 Å². The van der Waals surface area contributed by atoms with E-state index in [2.05, 4.69) is 4.99 Å². The summed E-state index contributed by atoms with van der Waals surface area (Å²) in [4.78, 5) is 15.4. The summed E-state index contributed by atoms with van der Waals surface area (Å²) >= 11 is 0. The quantitative estimate of drug-likeness (QED) is 0.645. The molecule has 126 valence electrons. The lowest BCUT2D eigenvalue weighted by Gasteiger charge is -2.07. The summed E-state index contributed by atoms with van der Waals surface area (Å²) in [6.07, 6.45) is -0.810. The SMILES string of the molecule is COc1ccc(COC(=O)N=C(N)c2ccc(O)c(OC)c2)cc1. The Morgan fingerprint density at radius 1 is 1.12 bits per heavy atom. The van der Waals surface area contributed by atoms with Gasteiger partial charge in [-0.2, -0.15) is 4.99 Å². The smallest absolute Gasteiger partial charge is 0.435 e. The summed E-state index contributed by atoms with van der Waals surface area (Å²) in [5, 5.41) is 9.54. The van der Waals surface area contributed by atoms with Crippen LogP contribution in [0.3, 0.4) is 0 Å². The number of phenols is 1. The minimum absolute atomic E-state index is 0.0314. The average molecular weight is 330 g/mol. The third-order valence-electron chi connectivity index (χ3n) is 3.21. The van der Waals surface area contributed by atoms with E-state index in [0.29, 0.717) is 11.3 Å². The predicted octanol–water partition coefficient (Wildman–Crippen LogP) is 2.45. The first-order valence-electron chi connectivity index (χ1n) is 7.04. The van der Waals surface area contributed by atoms with Crippen LogP contribution in [0.4, 0.5) is 4.79 Å². The fraction of sp³-hybridized carbons (Fsp3) is 0.176. The van der Waals surface area contributed by atoms with Gasteiger partial charge in [0.1, 0.15) is 18.2 Å². The molecule has 0 aliphatic carbocycles. The molecule has 24 heavy (non-hydrogen) atoms. The zero-order valence-electron chi connectivity index (χ0n) is 13.4. The molecular weight excluding hydrogens is 312 g/mol. The fourth-order valence-corrected chi connectivity index (χ4v) is 1.90. The first kappa shape index (κ1) is 17.1. The molecule has 0 spiro atoms. The van der Waals surface area contributed by atoms with Crippen molar-refractivity contribution in [1.82, 2.24) is 0 Å². The van der Waals surface area contributed by atoms with Crippen LogP contribution in [0.1, 0.15) is 11.1 Å². The van der Waals surface area contributed by atoms with E-state index in [0.717, 1.165) is 5.56 Å². The monoisotopic (exact) mass is 330 g/mol. The minimum Gasteiger partial charge on any atom is -0.504 e. The van der Waals surface area contributed by atoms with E-state index < -0.39 is 6.09 Å². The summed E-state index contributed by atoms with van der Waals surface area (Å²) in [6, 6.07) is 11.5. The van der Waals surface area contributed by atoms with Crippen LogP contribution in [-0.2, 0) is 11.3 Å². The number of methoxy groups -OCH3 is 2. The molecule has 0 atom stereocenters. The molecule has 0 radical (unpaired) electrons. The van der Waals surface area contributed by atoms with Crippen LogP contribution in [0.5, 0.6) is 17.2 Å². The van der Waals surface area contributed by atoms with E-state index in [4.69, 9.17) is 19.9 Å². The highest BCUT2D eigenvalue weighted by Gasteiger charge is 2.08. The number of phenolic OH excluding ortho intramolecular Hbond substituents is 1. The van der Waals surface area contributed by atoms with Gasteiger partial charge in [-0.1, -0.05) is 12.1 Å². The van der Waals surface area contributed by atoms with Gasteiger partial charge in [-0.15, -0.1) is 0 Å². The molecule has 2 aromatic rings. The Labute approximate surface area is 139 Å². The van der Waals surface area contributed by atoms with E-state index >= 15 is 0 Å². The molecule has 0 heterocycles. The normalized spacial score (nSPS) is 11.0. The van der Waals surface area contributed by atoms with E-state index in [-0.39, 0.29) is 23.9 Å². The number of carbonyl (C=O) groups excluding carboxylic acids is 1. The predicted molar refractivity (Wildman–Crippen MR) is 88.6 cm³/mol. The van der Waals surface area contributed by atoms with Crippen LogP contribution in [0, 0.1) is 0 Å². The molecule has 0 saturated carbocycles. The van der Waals surface area contributed by atoms with Crippen LogP contribution < -0.4 is 15.2 Å². The van der Waals surface area contributed by atoms with Crippen molar-refractivity contribution in [2.75, 3.05) is 14.2 Å². The number of hydrogen-bond acceptors (Lipinski definition) is 5. The van der Waals surface area contributed by atoms with Crippen molar-refractivity contribution in [3.8, 4) is 17.2 Å². The number of carbonyl (C=O) groups is 1. The summed E-state index contributed by atoms with van der Waals surface area (Å²) in [5.41, 5.74) is 7.00. The third-order valence-corrected chi connectivity index (χ3v) is 3.21. The van der Waals surface area contributed by atoms with Crippen molar-refractivity contribution in [2.45, 2.75) is 6.61 Å². The highest BCUT2D eigenvalue weighted by molar-refractivity contribution is 6.03. The Bertz CT molecular complexity index is 741. The lowest BCUT2D eigenvalue weighted by atomic mass is 10.2. The largest absolute Gasteiger partial charge is 0.504 e. The summed E-state index contributed by atoms with van der Waals surface area (Å²) in [5.74, 6) is 0.884. The van der Waals surface area contributed by atoms with Gasteiger partial charge in [0.25, 0.3) is 0 Å². The molecule has 3 N–H and O–H groups in total. The summed E-state index contributed by atoms with van der Waals surface area (Å²) < 4.78 is 15.1. The van der Waals surface area contributed by atoms with Gasteiger partial charge in [0, 0.05) is 5.56 Å². The Morgan fingerprint density at radius 3 is 2.46 bits per heavy atom. The first-order valence-corrected chi connectivity index (χ1v) is 7.04. The van der Waals surface area contributed by atoms with E-state index in [1.807, 2.05) is 0 Å². The number of rotatable bonds is 5. The average Bonchev–Trinajstić information content (AvgIpc) is 2.60. The number of aromatic hydroxyl groups is 1. The molecule has 0 aliphatic heterocycles. The lowest BCUT2D eigenvalue weighted by molar-refractivity contribution is 0.151. The maximum absolute atomic E-state index is 11.7. The fourth-order valence-electron chi connectivity index (χ4n) is 1.90. The molecule has 2 rings (SSSR count). The summed E-state index contributed by atoms with van der Waals surface area (Å²) in [6.45, 7) is 0.0680. The second-order valence-electron chi connectivity index (χ2n) is 4.79. The number of hydrogen-bond donors (Lipinski definition) is 2. The molecule has 0 aliphatic rings. The third kappa shape index (κ3) is 4.39. The number of nitrogens with two attached hydrogens (primary N) is 1. The van der Waals surface area contributed by atoms with Crippen molar-refractivity contribution in [3.05, 3.63) is 53.6 Å². The van der Waals surface area contributed by atoms with Crippen molar-refractivity contribution in [2.24, 2.45) is 10.7 Å². The number of benzene rings is 2. The molecule has 7 nitrogen and oxygen atoms in total. The number of aliphatic imine (C=N–C) groups is 1. The maximum atomic E-state index is 11.7. The van der Waals surface area contributed by atoms with Crippen LogP contribution in [-0.4, -0.2) is 31.3 Å². The zero-order valence-corrected chi connectivity index (χ0v) is 13.4. The van der Waals surface area contributed by atoms with Gasteiger partial charge in [-0.05, 0) is 35.9 Å². The van der Waals surface area contributed by atoms with Gasteiger partial charge in [0.2, 0.25) is 0 Å². The maximum Gasteiger partial charge on any atom is 0.435 e. The van der Waals surface area contributed by atoms with Gasteiger partial charge in [0.05, 0.1) is 14.2 Å². The molecule has 2 aromatic carbocycles. The highest BCUT2D eigenvalue weighted by atomic mass is 16.5. The van der Waals surface area contributed by atoms with Crippen molar-refractivity contribution < 1.29 is 24.1 Å². The van der Waals surface area contributed by atoms with E-state index in [1.165, 1.54) is 25.3 Å². The lowest BCUT2D eigenvalue weighted by Crippen LogP contribution is -2.16. The number of ether oxygens (including phenoxy) is 3. The molecule has 0 aromatic heterocycles. The van der Waals surface area contributed by atoms with Gasteiger partial charge in [0.15, 0.2) is 11.5 Å². The van der Waals surface area contributed by atoms with Crippen molar-refractivity contribution in [1.29, 1.82) is 0 Å². The molecule has 0 unspecified atom stereocenters. The topological polar surface area (TPSA) is 103 Å². The highest BCUT2D eigenvalue weighted by Crippen LogP contribution is 2.26. The number of amides is 1. The Balaban J connectivity index is 2.00. The molecular formula is C17H18N2O5. The minimum atomic E-state index is -0.810. The first-order chi connectivity index (χ1) is 11.5. The Kier molecular flexibility index (Phi) is 5.62. The van der Waals surface area contributed by atoms with Gasteiger partial charge in [-0.25, -0.2) is 4.79 Å². The van der Waals surface area contributed by atoms with Crippen molar-refractivity contribution in [3.63, 3.8) is 0 Å². The Hall–Kier alpha value is -3.22. The number of nitrogens with zero attached hydrogens (tertiary/aromatic N) is 1. The molecule has 7 heteroatoms. The molecule has 0 bridgehead atoms. The molecule has 0 saturated heterocycles. The van der Waals surface area contributed by atoms with Gasteiger partial charge >= 0.3 is 6.09 Å². The second kappa shape index (κ2) is 7.87. The molecule has 1 amide bonds. The Morgan fingerprint density at radius 2 is 1.83 bits per heavy atom. The standard InChI is InChI=1S/C17H18N2O5/c1-22-13-6-3-11(4-7-13)10-24-17(21)19-16(18)12-5-8-14(20)15(9-12)23-2/h3-9,20H,10H2,1-2H3,(H2,18,19,21). The summed E-state index contributed by atoms with van der Waals surface area (Å²) in [7, 11) is 2.99. The van der Waals surface area contributed by atoms with Gasteiger partial charge in [-0.3, -0.25) is 0 Å². The zero-order chi connectivity index (χ0) is 17.5. The van der Waals surface area contributed by atoms with Crippen LogP contribution in [0.15, 0.2) is 47.5 Å². The van der Waals surface area contributed by atoms with Crippen molar-refractivity contribution >= 4 is 11.9 Å². The van der Waals surface area contributed by atoms with Crippen LogP contribution >= 0.6 is 0 Å². The van der Waals surface area contributed by atoms with Crippen LogP contribution in [0.2, 0.25) is 0 Å². The van der Waals surface area contributed by atoms with Gasteiger partial charge < -0.3 is 25.1 Å². The van der Waals surface area contributed by atoms with E-state index in [1.54, 1.807) is 31.4 Å². The second-order valence-corrected chi connectivity index (χ2v) is 4.79. The number of amidine groups is 1. The molecule has 0 fully saturated rings. The van der Waals surface area contributed by atoms with E-state index in [9.17, 15) is 9.90 Å².